The van der Waals surface area contributed by atoms with Crippen molar-refractivity contribution < 1.29 is 14.5 Å². The molecule has 0 aliphatic heterocycles. The van der Waals surface area contributed by atoms with Gasteiger partial charge in [-0.3, -0.25) is 29.1 Å². The molecule has 0 aliphatic rings. The lowest BCUT2D eigenvalue weighted by Crippen LogP contribution is -2.25. The van der Waals surface area contributed by atoms with Crippen LogP contribution in [0.2, 0.25) is 0 Å². The predicted octanol–water partition coefficient (Wildman–Crippen LogP) is 2.34. The van der Waals surface area contributed by atoms with E-state index in [9.17, 15) is 24.5 Å². The summed E-state index contributed by atoms with van der Waals surface area (Å²) < 4.78 is 1.09. The van der Waals surface area contributed by atoms with E-state index in [1.165, 1.54) is 25.4 Å². The number of aromatic amines is 1. The van der Waals surface area contributed by atoms with E-state index in [0.29, 0.717) is 22.3 Å². The molecule has 0 fully saturated rings. The van der Waals surface area contributed by atoms with Gasteiger partial charge in [0.25, 0.3) is 11.2 Å². The van der Waals surface area contributed by atoms with Gasteiger partial charge in [0, 0.05) is 23.4 Å². The maximum Gasteiger partial charge on any atom is 0.270 e. The number of fused-ring (bicyclic) bond motifs is 1. The Hall–Kier alpha value is -3.62. The SMILES string of the molecule is CC(=O)c1c(C)[nH]c(C(=O)Cn2cnc3ccc([N+](=O)[O-])cc3c2=O)c1C. The van der Waals surface area contributed by atoms with Crippen LogP contribution in [0.3, 0.4) is 0 Å². The molecule has 0 saturated heterocycles. The third kappa shape index (κ3) is 3.14. The molecule has 0 saturated carbocycles. The highest BCUT2D eigenvalue weighted by Crippen LogP contribution is 2.20. The fraction of sp³-hybridized carbons (Fsp3) is 0.222. The van der Waals surface area contributed by atoms with Gasteiger partial charge in [-0.25, -0.2) is 4.98 Å². The standard InChI is InChI=1S/C18H16N4O5/c1-9-16(11(3)23)10(2)20-17(9)15(24)7-21-8-19-14-5-4-12(22(26)27)6-13(14)18(21)25/h4-6,8,20H,7H2,1-3H3. The van der Waals surface area contributed by atoms with Gasteiger partial charge in [0.1, 0.15) is 0 Å². The van der Waals surface area contributed by atoms with Crippen LogP contribution in [0.25, 0.3) is 10.9 Å². The molecule has 138 valence electrons. The molecule has 9 nitrogen and oxygen atoms in total. The third-order valence-corrected chi connectivity index (χ3v) is 4.40. The molecule has 2 aromatic heterocycles. The van der Waals surface area contributed by atoms with Crippen molar-refractivity contribution in [1.82, 2.24) is 14.5 Å². The van der Waals surface area contributed by atoms with Gasteiger partial charge >= 0.3 is 0 Å². The molecule has 3 rings (SSSR count). The monoisotopic (exact) mass is 368 g/mol. The molecule has 27 heavy (non-hydrogen) atoms. The zero-order valence-corrected chi connectivity index (χ0v) is 14.9. The minimum Gasteiger partial charge on any atom is -0.355 e. The molecule has 0 unspecified atom stereocenters. The zero-order valence-electron chi connectivity index (χ0n) is 14.9. The van der Waals surface area contributed by atoms with E-state index in [2.05, 4.69) is 9.97 Å². The lowest BCUT2D eigenvalue weighted by molar-refractivity contribution is -0.384. The number of rotatable bonds is 5. The number of ketones is 2. The lowest BCUT2D eigenvalue weighted by atomic mass is 10.1. The van der Waals surface area contributed by atoms with Gasteiger partial charge in [-0.1, -0.05) is 0 Å². The zero-order chi connectivity index (χ0) is 19.9. The first kappa shape index (κ1) is 18.2. The highest BCUT2D eigenvalue weighted by molar-refractivity contribution is 6.03. The number of H-pyrrole nitrogens is 1. The molecular weight excluding hydrogens is 352 g/mol. The second kappa shape index (κ2) is 6.60. The number of hydrogen-bond acceptors (Lipinski definition) is 6. The van der Waals surface area contributed by atoms with Gasteiger partial charge in [-0.2, -0.15) is 0 Å². The summed E-state index contributed by atoms with van der Waals surface area (Å²) >= 11 is 0. The topological polar surface area (TPSA) is 128 Å². The largest absolute Gasteiger partial charge is 0.355 e. The Bertz CT molecular complexity index is 1170. The summed E-state index contributed by atoms with van der Waals surface area (Å²) in [5.41, 5.74) is 1.35. The summed E-state index contributed by atoms with van der Waals surface area (Å²) in [6, 6.07) is 3.79. The number of non-ortho nitro benzene ring substituents is 1. The summed E-state index contributed by atoms with van der Waals surface area (Å²) in [6.45, 7) is 4.48. The summed E-state index contributed by atoms with van der Waals surface area (Å²) in [5, 5.41) is 11.0. The minimum atomic E-state index is -0.601. The Morgan fingerprint density at radius 1 is 1.30 bits per heavy atom. The summed E-state index contributed by atoms with van der Waals surface area (Å²) in [5.74, 6) is -0.547. The Labute approximate surface area is 152 Å². The molecule has 1 N–H and O–H groups in total. The number of nitrogens with zero attached hydrogens (tertiary/aromatic N) is 3. The first-order chi connectivity index (χ1) is 12.7. The highest BCUT2D eigenvalue weighted by atomic mass is 16.6. The van der Waals surface area contributed by atoms with Crippen LogP contribution in [0.4, 0.5) is 5.69 Å². The lowest BCUT2D eigenvalue weighted by Gasteiger charge is -2.06. The fourth-order valence-electron chi connectivity index (χ4n) is 3.16. The molecule has 0 radical (unpaired) electrons. The number of hydrogen-bond donors (Lipinski definition) is 1. The predicted molar refractivity (Wildman–Crippen MR) is 97.3 cm³/mol. The Kier molecular flexibility index (Phi) is 4.44. The first-order valence-corrected chi connectivity index (χ1v) is 8.07. The van der Waals surface area contributed by atoms with Crippen molar-refractivity contribution in [2.24, 2.45) is 0 Å². The van der Waals surface area contributed by atoms with Crippen molar-refractivity contribution in [1.29, 1.82) is 0 Å². The van der Waals surface area contributed by atoms with Crippen LogP contribution in [0.15, 0.2) is 29.3 Å². The number of carbonyl (C=O) groups is 2. The molecule has 0 amide bonds. The van der Waals surface area contributed by atoms with Crippen LogP contribution in [0, 0.1) is 24.0 Å². The van der Waals surface area contributed by atoms with Crippen molar-refractivity contribution in [2.75, 3.05) is 0 Å². The van der Waals surface area contributed by atoms with Gasteiger partial charge in [0.2, 0.25) is 0 Å². The average Bonchev–Trinajstić information content (AvgIpc) is 2.91. The van der Waals surface area contributed by atoms with Crippen molar-refractivity contribution in [3.05, 3.63) is 67.5 Å². The number of aryl methyl sites for hydroxylation is 1. The van der Waals surface area contributed by atoms with Crippen LogP contribution in [0.1, 0.15) is 39.0 Å². The van der Waals surface area contributed by atoms with Crippen LogP contribution in [0.5, 0.6) is 0 Å². The van der Waals surface area contributed by atoms with E-state index in [4.69, 9.17) is 0 Å². The maximum absolute atomic E-state index is 12.6. The van der Waals surface area contributed by atoms with E-state index in [1.807, 2.05) is 0 Å². The van der Waals surface area contributed by atoms with Gasteiger partial charge in [0.15, 0.2) is 11.6 Å². The molecule has 0 aliphatic carbocycles. The van der Waals surface area contributed by atoms with Crippen molar-refractivity contribution in [3.8, 4) is 0 Å². The van der Waals surface area contributed by atoms with E-state index < -0.39 is 16.3 Å². The number of benzene rings is 1. The number of nitrogens with one attached hydrogen (secondary N) is 1. The Balaban J connectivity index is 2.02. The smallest absolute Gasteiger partial charge is 0.270 e. The fourth-order valence-corrected chi connectivity index (χ4v) is 3.16. The second-order valence-corrected chi connectivity index (χ2v) is 6.24. The van der Waals surface area contributed by atoms with E-state index in [0.717, 1.165) is 10.6 Å². The van der Waals surface area contributed by atoms with Crippen molar-refractivity contribution >= 4 is 28.2 Å². The number of carbonyl (C=O) groups excluding carboxylic acids is 2. The normalized spacial score (nSPS) is 10.9. The molecule has 9 heteroatoms. The van der Waals surface area contributed by atoms with Crippen LogP contribution in [-0.2, 0) is 6.54 Å². The van der Waals surface area contributed by atoms with Gasteiger partial charge < -0.3 is 4.98 Å². The van der Waals surface area contributed by atoms with Crippen LogP contribution >= 0.6 is 0 Å². The van der Waals surface area contributed by atoms with Crippen LogP contribution in [-0.4, -0.2) is 31.0 Å². The van der Waals surface area contributed by atoms with Crippen LogP contribution < -0.4 is 5.56 Å². The van der Waals surface area contributed by atoms with Gasteiger partial charge in [0.05, 0.1) is 34.4 Å². The Morgan fingerprint density at radius 3 is 2.59 bits per heavy atom. The summed E-state index contributed by atoms with van der Waals surface area (Å²) in [4.78, 5) is 54.3. The Morgan fingerprint density at radius 2 is 2.00 bits per heavy atom. The molecular formula is C18H16N4O5. The molecule has 3 aromatic rings. The van der Waals surface area contributed by atoms with E-state index in [1.54, 1.807) is 13.8 Å². The number of nitro benzene ring substituents is 1. The van der Waals surface area contributed by atoms with E-state index in [-0.39, 0.29) is 29.1 Å². The van der Waals surface area contributed by atoms with Gasteiger partial charge in [-0.15, -0.1) is 0 Å². The maximum atomic E-state index is 12.6. The second-order valence-electron chi connectivity index (χ2n) is 6.24. The van der Waals surface area contributed by atoms with E-state index >= 15 is 0 Å². The summed E-state index contributed by atoms with van der Waals surface area (Å²) in [6.07, 6.45) is 1.23. The quantitative estimate of drug-likeness (QED) is 0.418. The summed E-state index contributed by atoms with van der Waals surface area (Å²) in [7, 11) is 0. The molecule has 2 heterocycles. The molecule has 1 aromatic carbocycles. The molecule has 0 spiro atoms. The number of aromatic nitrogens is 3. The average molecular weight is 368 g/mol. The highest BCUT2D eigenvalue weighted by Gasteiger charge is 2.21. The number of Topliss-reactive ketones (excluding diaryl/α,β-unsaturated/α-hetero) is 2. The van der Waals surface area contributed by atoms with Crippen molar-refractivity contribution in [3.63, 3.8) is 0 Å². The minimum absolute atomic E-state index is 0.0586. The molecule has 0 bridgehead atoms. The third-order valence-electron chi connectivity index (χ3n) is 4.40. The number of nitro groups is 1. The van der Waals surface area contributed by atoms with Crippen molar-refractivity contribution in [2.45, 2.75) is 27.3 Å². The molecule has 0 atom stereocenters. The first-order valence-electron chi connectivity index (χ1n) is 8.07. The van der Waals surface area contributed by atoms with Gasteiger partial charge in [-0.05, 0) is 32.4 Å².